The van der Waals surface area contributed by atoms with Gasteiger partial charge in [0.25, 0.3) is 0 Å². The minimum atomic E-state index is 0.641. The maximum Gasteiger partial charge on any atom is 0.162 e. The van der Waals surface area contributed by atoms with Gasteiger partial charge in [-0.05, 0) is 38.3 Å². The van der Waals surface area contributed by atoms with Crippen molar-refractivity contribution in [1.82, 2.24) is 0 Å². The Kier molecular flexibility index (Phi) is 3.54. The zero-order chi connectivity index (χ0) is 11.4. The van der Waals surface area contributed by atoms with E-state index in [-0.39, 0.29) is 0 Å². The van der Waals surface area contributed by atoms with Crippen molar-refractivity contribution < 1.29 is 9.47 Å². The molecule has 0 aromatic heterocycles. The van der Waals surface area contributed by atoms with Crippen LogP contribution in [0.5, 0.6) is 11.5 Å². The normalized spacial score (nSPS) is 15.4. The lowest BCUT2D eigenvalue weighted by molar-refractivity contribution is 0.311. The van der Waals surface area contributed by atoms with Gasteiger partial charge in [-0.3, -0.25) is 0 Å². The first kappa shape index (κ1) is 11.1. The van der Waals surface area contributed by atoms with Crippen molar-refractivity contribution in [3.63, 3.8) is 0 Å². The van der Waals surface area contributed by atoms with Gasteiger partial charge in [-0.2, -0.15) is 0 Å². The maximum absolute atomic E-state index is 5.48. The van der Waals surface area contributed by atoms with Crippen molar-refractivity contribution >= 4 is 5.69 Å². The van der Waals surface area contributed by atoms with E-state index in [0.717, 1.165) is 17.2 Å². The summed E-state index contributed by atoms with van der Waals surface area (Å²) in [6.07, 6.45) is 3.89. The van der Waals surface area contributed by atoms with Gasteiger partial charge < -0.3 is 14.8 Å². The molecule has 1 fully saturated rings. The number of methoxy groups -OCH3 is 1. The van der Waals surface area contributed by atoms with Crippen LogP contribution in [-0.4, -0.2) is 19.8 Å². The summed E-state index contributed by atoms with van der Waals surface area (Å²) in [7, 11) is 1.67. The van der Waals surface area contributed by atoms with Crippen molar-refractivity contribution in [1.29, 1.82) is 0 Å². The first-order valence-electron chi connectivity index (χ1n) is 5.91. The molecule has 0 unspecified atom stereocenters. The SMILES string of the molecule is CCOc1ccc(NC2CCC2)cc1OC. The number of rotatable bonds is 5. The first-order chi connectivity index (χ1) is 7.83. The van der Waals surface area contributed by atoms with Crippen LogP contribution >= 0.6 is 0 Å². The fourth-order valence-corrected chi connectivity index (χ4v) is 1.82. The van der Waals surface area contributed by atoms with Crippen molar-refractivity contribution in [2.24, 2.45) is 0 Å². The summed E-state index contributed by atoms with van der Waals surface area (Å²) >= 11 is 0. The Morgan fingerprint density at radius 1 is 1.31 bits per heavy atom. The Labute approximate surface area is 96.8 Å². The van der Waals surface area contributed by atoms with E-state index in [4.69, 9.17) is 9.47 Å². The zero-order valence-electron chi connectivity index (χ0n) is 9.95. The lowest BCUT2D eigenvalue weighted by Crippen LogP contribution is -2.26. The number of benzene rings is 1. The molecule has 0 amide bonds. The lowest BCUT2D eigenvalue weighted by Gasteiger charge is -2.27. The summed E-state index contributed by atoms with van der Waals surface area (Å²) < 4.78 is 10.8. The van der Waals surface area contributed by atoms with E-state index in [2.05, 4.69) is 5.32 Å². The van der Waals surface area contributed by atoms with Gasteiger partial charge in [-0.15, -0.1) is 0 Å². The number of hydrogen-bond acceptors (Lipinski definition) is 3. The largest absolute Gasteiger partial charge is 0.493 e. The molecule has 0 spiro atoms. The molecule has 0 radical (unpaired) electrons. The van der Waals surface area contributed by atoms with E-state index < -0.39 is 0 Å². The topological polar surface area (TPSA) is 30.5 Å². The zero-order valence-corrected chi connectivity index (χ0v) is 9.95. The van der Waals surface area contributed by atoms with E-state index in [9.17, 15) is 0 Å². The smallest absolute Gasteiger partial charge is 0.162 e. The molecule has 0 bridgehead atoms. The minimum absolute atomic E-state index is 0.641. The van der Waals surface area contributed by atoms with E-state index in [0.29, 0.717) is 12.6 Å². The molecule has 1 saturated carbocycles. The Morgan fingerprint density at radius 3 is 2.69 bits per heavy atom. The van der Waals surface area contributed by atoms with Crippen LogP contribution in [0.25, 0.3) is 0 Å². The average Bonchev–Trinajstić information content (AvgIpc) is 2.25. The Balaban J connectivity index is 2.08. The summed E-state index contributed by atoms with van der Waals surface area (Å²) in [6, 6.07) is 6.65. The highest BCUT2D eigenvalue weighted by Gasteiger charge is 2.17. The van der Waals surface area contributed by atoms with Gasteiger partial charge in [0, 0.05) is 17.8 Å². The lowest BCUT2D eigenvalue weighted by atomic mass is 9.93. The monoisotopic (exact) mass is 221 g/mol. The molecule has 16 heavy (non-hydrogen) atoms. The maximum atomic E-state index is 5.48. The summed E-state index contributed by atoms with van der Waals surface area (Å²) in [5.74, 6) is 1.61. The Hall–Kier alpha value is -1.38. The van der Waals surface area contributed by atoms with E-state index in [1.807, 2.05) is 25.1 Å². The molecule has 0 saturated heterocycles. The van der Waals surface area contributed by atoms with Crippen LogP contribution in [0.15, 0.2) is 18.2 Å². The van der Waals surface area contributed by atoms with Crippen LogP contribution in [0.4, 0.5) is 5.69 Å². The second kappa shape index (κ2) is 5.10. The molecule has 88 valence electrons. The van der Waals surface area contributed by atoms with Crippen LogP contribution in [0.3, 0.4) is 0 Å². The molecule has 0 aliphatic heterocycles. The molecular formula is C13H19NO2. The summed E-state index contributed by atoms with van der Waals surface area (Å²) in [6.45, 7) is 2.63. The first-order valence-corrected chi connectivity index (χ1v) is 5.91. The van der Waals surface area contributed by atoms with Gasteiger partial charge in [0.15, 0.2) is 11.5 Å². The second-order valence-corrected chi connectivity index (χ2v) is 4.07. The molecule has 0 atom stereocenters. The third-order valence-corrected chi connectivity index (χ3v) is 2.94. The summed E-state index contributed by atoms with van der Waals surface area (Å²) in [5, 5.41) is 3.49. The number of nitrogens with one attached hydrogen (secondary N) is 1. The Bertz CT molecular complexity index is 348. The standard InChI is InChI=1S/C13H19NO2/c1-3-16-12-8-7-11(9-13(12)15-2)14-10-5-4-6-10/h7-10,14H,3-6H2,1-2H3. The predicted octanol–water partition coefficient (Wildman–Crippen LogP) is 3.06. The van der Waals surface area contributed by atoms with Crippen molar-refractivity contribution in [3.8, 4) is 11.5 Å². The van der Waals surface area contributed by atoms with Crippen LogP contribution in [-0.2, 0) is 0 Å². The molecule has 3 heteroatoms. The van der Waals surface area contributed by atoms with Crippen molar-refractivity contribution in [2.75, 3.05) is 19.0 Å². The highest BCUT2D eigenvalue weighted by atomic mass is 16.5. The van der Waals surface area contributed by atoms with Crippen LogP contribution < -0.4 is 14.8 Å². The fourth-order valence-electron chi connectivity index (χ4n) is 1.82. The molecular weight excluding hydrogens is 202 g/mol. The molecule has 0 heterocycles. The predicted molar refractivity (Wildman–Crippen MR) is 65.4 cm³/mol. The molecule has 1 aliphatic carbocycles. The third kappa shape index (κ3) is 2.40. The third-order valence-electron chi connectivity index (χ3n) is 2.94. The molecule has 2 rings (SSSR count). The van der Waals surface area contributed by atoms with Crippen LogP contribution in [0, 0.1) is 0 Å². The number of anilines is 1. The van der Waals surface area contributed by atoms with Crippen molar-refractivity contribution in [2.45, 2.75) is 32.2 Å². The quantitative estimate of drug-likeness (QED) is 0.829. The van der Waals surface area contributed by atoms with Crippen LogP contribution in [0.2, 0.25) is 0 Å². The highest BCUT2D eigenvalue weighted by molar-refractivity contribution is 5.55. The minimum Gasteiger partial charge on any atom is -0.493 e. The van der Waals surface area contributed by atoms with E-state index in [1.165, 1.54) is 19.3 Å². The summed E-state index contributed by atoms with van der Waals surface area (Å²) in [4.78, 5) is 0. The van der Waals surface area contributed by atoms with Gasteiger partial charge >= 0.3 is 0 Å². The van der Waals surface area contributed by atoms with E-state index >= 15 is 0 Å². The van der Waals surface area contributed by atoms with Gasteiger partial charge in [0.05, 0.1) is 13.7 Å². The summed E-state index contributed by atoms with van der Waals surface area (Å²) in [5.41, 5.74) is 1.12. The average molecular weight is 221 g/mol. The molecule has 1 aromatic rings. The van der Waals surface area contributed by atoms with Gasteiger partial charge in [-0.1, -0.05) is 0 Å². The van der Waals surface area contributed by atoms with E-state index in [1.54, 1.807) is 7.11 Å². The fraction of sp³-hybridized carbons (Fsp3) is 0.538. The van der Waals surface area contributed by atoms with Crippen molar-refractivity contribution in [3.05, 3.63) is 18.2 Å². The molecule has 1 aliphatic rings. The van der Waals surface area contributed by atoms with Gasteiger partial charge in [0.2, 0.25) is 0 Å². The van der Waals surface area contributed by atoms with Crippen LogP contribution in [0.1, 0.15) is 26.2 Å². The molecule has 1 aromatic carbocycles. The van der Waals surface area contributed by atoms with Gasteiger partial charge in [-0.25, -0.2) is 0 Å². The highest BCUT2D eigenvalue weighted by Crippen LogP contribution is 2.32. The number of ether oxygens (including phenoxy) is 2. The molecule has 1 N–H and O–H groups in total. The second-order valence-electron chi connectivity index (χ2n) is 4.07. The Morgan fingerprint density at radius 2 is 2.12 bits per heavy atom. The number of hydrogen-bond donors (Lipinski definition) is 1. The van der Waals surface area contributed by atoms with Gasteiger partial charge in [0.1, 0.15) is 0 Å². The molecule has 3 nitrogen and oxygen atoms in total.